The molecule has 3 heterocycles. The second kappa shape index (κ2) is 6.62. The number of nitrogens with zero attached hydrogens (tertiary/aromatic N) is 4. The number of nitriles is 1. The Morgan fingerprint density at radius 1 is 1.38 bits per heavy atom. The molecular weight excluding hydrogens is 302 g/mol. The molecule has 6 nitrogen and oxygen atoms in total. The van der Waals surface area contributed by atoms with E-state index in [9.17, 15) is 0 Å². The largest absolute Gasteiger partial charge is 0.473 e. The number of hydrogen-bond acceptors (Lipinski definition) is 5. The van der Waals surface area contributed by atoms with Crippen LogP contribution in [0.15, 0.2) is 24.5 Å². The minimum atomic E-state index is 0.0634. The Morgan fingerprint density at radius 3 is 2.88 bits per heavy atom. The summed E-state index contributed by atoms with van der Waals surface area (Å²) >= 11 is 0. The maximum absolute atomic E-state index is 8.80. The second-order valence-corrected chi connectivity index (χ2v) is 7.28. The lowest BCUT2D eigenvalue weighted by Crippen LogP contribution is -2.26. The molecule has 1 saturated heterocycles. The molecule has 126 valence electrons. The molecular formula is C18H23N5O. The lowest BCUT2D eigenvalue weighted by Gasteiger charge is -2.21. The molecule has 24 heavy (non-hydrogen) atoms. The van der Waals surface area contributed by atoms with Gasteiger partial charge in [0.15, 0.2) is 0 Å². The number of aromatic amines is 1. The van der Waals surface area contributed by atoms with Crippen molar-refractivity contribution >= 4 is 0 Å². The van der Waals surface area contributed by atoms with Crippen LogP contribution in [0.5, 0.6) is 5.88 Å². The first-order valence-electron chi connectivity index (χ1n) is 8.23. The highest BCUT2D eigenvalue weighted by Crippen LogP contribution is 2.26. The van der Waals surface area contributed by atoms with Crippen LogP contribution in [0.4, 0.5) is 0 Å². The van der Waals surface area contributed by atoms with Gasteiger partial charge >= 0.3 is 0 Å². The van der Waals surface area contributed by atoms with Gasteiger partial charge in [-0.05, 0) is 12.5 Å². The quantitative estimate of drug-likeness (QED) is 0.935. The fraction of sp³-hybridized carbons (Fsp3) is 0.500. The number of pyridine rings is 1. The average Bonchev–Trinajstić information content (AvgIpc) is 3.18. The van der Waals surface area contributed by atoms with E-state index in [0.717, 1.165) is 26.1 Å². The van der Waals surface area contributed by atoms with E-state index in [-0.39, 0.29) is 11.5 Å². The van der Waals surface area contributed by atoms with Crippen LogP contribution in [-0.2, 0) is 12.0 Å². The predicted molar refractivity (Wildman–Crippen MR) is 90.5 cm³/mol. The number of H-pyrrole nitrogens is 1. The maximum Gasteiger partial charge on any atom is 0.213 e. The van der Waals surface area contributed by atoms with E-state index in [1.807, 2.05) is 6.20 Å². The summed E-state index contributed by atoms with van der Waals surface area (Å²) in [6, 6.07) is 5.55. The molecule has 0 spiro atoms. The van der Waals surface area contributed by atoms with Gasteiger partial charge in [-0.1, -0.05) is 20.8 Å². The van der Waals surface area contributed by atoms with Gasteiger partial charge in [-0.3, -0.25) is 10.00 Å². The highest BCUT2D eigenvalue weighted by atomic mass is 16.5. The van der Waals surface area contributed by atoms with Crippen molar-refractivity contribution in [1.29, 1.82) is 5.26 Å². The van der Waals surface area contributed by atoms with Crippen LogP contribution >= 0.6 is 0 Å². The van der Waals surface area contributed by atoms with E-state index in [2.05, 4.69) is 46.9 Å². The molecule has 1 unspecified atom stereocenters. The highest BCUT2D eigenvalue weighted by Gasteiger charge is 2.27. The maximum atomic E-state index is 8.80. The summed E-state index contributed by atoms with van der Waals surface area (Å²) in [5, 5.41) is 16.2. The van der Waals surface area contributed by atoms with E-state index >= 15 is 0 Å². The van der Waals surface area contributed by atoms with E-state index in [0.29, 0.717) is 11.4 Å². The number of ether oxygens (including phenoxy) is 1. The van der Waals surface area contributed by atoms with Gasteiger partial charge < -0.3 is 4.74 Å². The fourth-order valence-electron chi connectivity index (χ4n) is 3.05. The minimum Gasteiger partial charge on any atom is -0.473 e. The van der Waals surface area contributed by atoms with E-state index in [1.165, 1.54) is 11.3 Å². The van der Waals surface area contributed by atoms with E-state index < -0.39 is 0 Å². The van der Waals surface area contributed by atoms with Crippen LogP contribution in [0.3, 0.4) is 0 Å². The summed E-state index contributed by atoms with van der Waals surface area (Å²) in [5.41, 5.74) is 3.05. The van der Waals surface area contributed by atoms with Crippen molar-refractivity contribution in [2.75, 3.05) is 13.1 Å². The van der Waals surface area contributed by atoms with Crippen molar-refractivity contribution < 1.29 is 4.74 Å². The molecule has 6 heteroatoms. The summed E-state index contributed by atoms with van der Waals surface area (Å²) in [7, 11) is 0. The zero-order valence-electron chi connectivity index (χ0n) is 14.4. The summed E-state index contributed by atoms with van der Waals surface area (Å²) in [6.45, 7) is 9.32. The van der Waals surface area contributed by atoms with Gasteiger partial charge in [0.1, 0.15) is 12.2 Å². The van der Waals surface area contributed by atoms with Gasteiger partial charge in [0.2, 0.25) is 5.88 Å². The third-order valence-corrected chi connectivity index (χ3v) is 4.24. The molecule has 0 bridgehead atoms. The number of likely N-dealkylation sites (tertiary alicyclic amines) is 1. The summed E-state index contributed by atoms with van der Waals surface area (Å²) in [5.74, 6) is 0.583. The number of aromatic nitrogens is 3. The van der Waals surface area contributed by atoms with Crippen molar-refractivity contribution in [3.05, 3.63) is 41.3 Å². The molecule has 0 aliphatic carbocycles. The molecule has 3 rings (SSSR count). The van der Waals surface area contributed by atoms with Crippen molar-refractivity contribution in [3.8, 4) is 11.9 Å². The van der Waals surface area contributed by atoms with Crippen LogP contribution in [0.2, 0.25) is 0 Å². The van der Waals surface area contributed by atoms with Crippen LogP contribution < -0.4 is 4.74 Å². The monoisotopic (exact) mass is 325 g/mol. The molecule has 0 saturated carbocycles. The van der Waals surface area contributed by atoms with Gasteiger partial charge in [-0.2, -0.15) is 10.4 Å². The number of nitrogens with one attached hydrogen (secondary N) is 1. The van der Waals surface area contributed by atoms with Crippen LogP contribution in [0.1, 0.15) is 44.0 Å². The van der Waals surface area contributed by atoms with Gasteiger partial charge in [0.25, 0.3) is 0 Å². The SMILES string of the molecule is CC(C)(C)c1[nH]ncc1CN1CCC(Oc2ccc(C#N)cn2)C1. The summed E-state index contributed by atoms with van der Waals surface area (Å²) in [4.78, 5) is 6.57. The third-order valence-electron chi connectivity index (χ3n) is 4.24. The minimum absolute atomic E-state index is 0.0634. The molecule has 2 aromatic rings. The van der Waals surface area contributed by atoms with Gasteiger partial charge in [0, 0.05) is 48.6 Å². The standard InChI is InChI=1S/C18H23N5O/c1-18(2,3)17-14(10-21-22-17)11-23-7-6-15(12-23)24-16-5-4-13(8-19)9-20-16/h4-5,9-10,15H,6-7,11-12H2,1-3H3,(H,21,22). The number of rotatable bonds is 4. The highest BCUT2D eigenvalue weighted by molar-refractivity contribution is 5.28. The molecule has 2 aromatic heterocycles. The zero-order chi connectivity index (χ0) is 17.2. The smallest absolute Gasteiger partial charge is 0.213 e. The molecule has 1 aliphatic heterocycles. The van der Waals surface area contributed by atoms with Crippen LogP contribution in [0, 0.1) is 11.3 Å². The van der Waals surface area contributed by atoms with Crippen LogP contribution in [-0.4, -0.2) is 39.3 Å². The van der Waals surface area contributed by atoms with E-state index in [1.54, 1.807) is 18.3 Å². The Labute approximate surface area is 142 Å². The van der Waals surface area contributed by atoms with Gasteiger partial charge in [-0.15, -0.1) is 0 Å². The third kappa shape index (κ3) is 3.74. The first-order valence-corrected chi connectivity index (χ1v) is 8.23. The summed E-state index contributed by atoms with van der Waals surface area (Å²) in [6.07, 6.45) is 4.58. The first kappa shape index (κ1) is 16.5. The Hall–Kier alpha value is -2.39. The fourth-order valence-corrected chi connectivity index (χ4v) is 3.05. The van der Waals surface area contributed by atoms with Gasteiger partial charge in [-0.25, -0.2) is 4.98 Å². The Balaban J connectivity index is 1.58. The Morgan fingerprint density at radius 2 is 2.21 bits per heavy atom. The van der Waals surface area contributed by atoms with Crippen molar-refractivity contribution in [2.24, 2.45) is 0 Å². The molecule has 1 N–H and O–H groups in total. The zero-order valence-corrected chi connectivity index (χ0v) is 14.4. The lowest BCUT2D eigenvalue weighted by atomic mass is 9.89. The predicted octanol–water partition coefficient (Wildman–Crippen LogP) is 2.63. The first-order chi connectivity index (χ1) is 11.5. The van der Waals surface area contributed by atoms with Gasteiger partial charge in [0.05, 0.1) is 11.8 Å². The second-order valence-electron chi connectivity index (χ2n) is 7.28. The molecule has 1 atom stereocenters. The van der Waals surface area contributed by atoms with E-state index in [4.69, 9.17) is 10.00 Å². The Kier molecular flexibility index (Phi) is 4.54. The normalized spacial score (nSPS) is 18.5. The van der Waals surface area contributed by atoms with Crippen molar-refractivity contribution in [2.45, 2.75) is 45.3 Å². The lowest BCUT2D eigenvalue weighted by molar-refractivity contribution is 0.191. The van der Waals surface area contributed by atoms with Crippen molar-refractivity contribution in [3.63, 3.8) is 0 Å². The molecule has 0 radical (unpaired) electrons. The molecule has 1 fully saturated rings. The molecule has 0 amide bonds. The van der Waals surface area contributed by atoms with Crippen molar-refractivity contribution in [1.82, 2.24) is 20.1 Å². The topological polar surface area (TPSA) is 77.8 Å². The van der Waals surface area contributed by atoms with Crippen LogP contribution in [0.25, 0.3) is 0 Å². The molecule has 0 aromatic carbocycles. The number of hydrogen-bond donors (Lipinski definition) is 1. The average molecular weight is 325 g/mol. The Bertz CT molecular complexity index is 723. The summed E-state index contributed by atoms with van der Waals surface area (Å²) < 4.78 is 5.94. The molecule has 1 aliphatic rings.